The molecule has 0 aliphatic carbocycles. The Labute approximate surface area is 171 Å². The third-order valence-corrected chi connectivity index (χ3v) is 7.99. The van der Waals surface area contributed by atoms with Gasteiger partial charge in [0.15, 0.2) is 0 Å². The number of sulfonamides is 1. The predicted octanol–water partition coefficient (Wildman–Crippen LogP) is 1.64. The number of carbonyl (C=O) groups is 2. The highest BCUT2D eigenvalue weighted by Gasteiger charge is 2.35. The lowest BCUT2D eigenvalue weighted by atomic mass is 10.0. The predicted molar refractivity (Wildman–Crippen MR) is 107 cm³/mol. The second-order valence-electron chi connectivity index (χ2n) is 6.17. The maximum absolute atomic E-state index is 12.7. The monoisotopic (exact) mass is 442 g/mol. The molecular weight excluding hydrogens is 424 g/mol. The lowest BCUT2D eigenvalue weighted by Crippen LogP contribution is -2.53. The first-order chi connectivity index (χ1) is 13.3. The molecule has 1 aliphatic rings. The fraction of sp³-hybridized carbons (Fsp3) is 0.294. The van der Waals surface area contributed by atoms with Crippen molar-refractivity contribution in [3.63, 3.8) is 0 Å². The number of thiophene rings is 1. The molecule has 0 spiro atoms. The van der Waals surface area contributed by atoms with Crippen LogP contribution in [0.4, 0.5) is 4.79 Å². The van der Waals surface area contributed by atoms with Crippen LogP contribution in [-0.4, -0.2) is 55.7 Å². The van der Waals surface area contributed by atoms with E-state index in [1.54, 1.807) is 30.3 Å². The molecule has 1 fully saturated rings. The average molecular weight is 443 g/mol. The molecule has 11 heteroatoms. The van der Waals surface area contributed by atoms with E-state index in [0.717, 1.165) is 11.3 Å². The van der Waals surface area contributed by atoms with Crippen molar-refractivity contribution in [3.8, 4) is 0 Å². The Balaban J connectivity index is 1.77. The zero-order valence-corrected chi connectivity index (χ0v) is 17.1. The van der Waals surface area contributed by atoms with E-state index in [0.29, 0.717) is 23.0 Å². The van der Waals surface area contributed by atoms with Gasteiger partial charge >= 0.3 is 6.03 Å². The van der Waals surface area contributed by atoms with E-state index in [4.69, 9.17) is 17.3 Å². The zero-order valence-electron chi connectivity index (χ0n) is 14.7. The van der Waals surface area contributed by atoms with Gasteiger partial charge in [0, 0.05) is 26.2 Å². The maximum atomic E-state index is 12.7. The molecule has 1 saturated heterocycles. The minimum Gasteiger partial charge on any atom is -0.351 e. The first kappa shape index (κ1) is 20.7. The van der Waals surface area contributed by atoms with E-state index >= 15 is 0 Å². The number of primary amides is 1. The lowest BCUT2D eigenvalue weighted by molar-refractivity contribution is -0.126. The molecular formula is C17H19ClN4O4S2. The Kier molecular flexibility index (Phi) is 6.36. The number of nitrogens with two attached hydrogens (primary N) is 1. The standard InChI is InChI=1S/C17H19ClN4O4S2/c18-13-6-7-14(27-13)28(25,26)22-10-8-21(9-11-22)15(16(23)20-17(19)24)12-4-2-1-3-5-12/h1-7,15H,8-11H2,(H3,19,20,23,24). The number of halogens is 1. The molecule has 2 aromatic rings. The van der Waals surface area contributed by atoms with Crippen LogP contribution in [-0.2, 0) is 14.8 Å². The Morgan fingerprint density at radius 1 is 1.07 bits per heavy atom. The van der Waals surface area contributed by atoms with E-state index in [-0.39, 0.29) is 17.3 Å². The molecule has 1 aromatic carbocycles. The lowest BCUT2D eigenvalue weighted by Gasteiger charge is -2.37. The fourth-order valence-electron chi connectivity index (χ4n) is 3.12. The number of hydrogen-bond acceptors (Lipinski definition) is 6. The van der Waals surface area contributed by atoms with Crippen molar-refractivity contribution in [1.82, 2.24) is 14.5 Å². The van der Waals surface area contributed by atoms with Gasteiger partial charge in [-0.3, -0.25) is 15.0 Å². The molecule has 1 atom stereocenters. The molecule has 3 N–H and O–H groups in total. The van der Waals surface area contributed by atoms with Crippen LogP contribution in [0.2, 0.25) is 4.34 Å². The highest BCUT2D eigenvalue weighted by Crippen LogP contribution is 2.30. The topological polar surface area (TPSA) is 113 Å². The summed E-state index contributed by atoms with van der Waals surface area (Å²) >= 11 is 6.87. The molecule has 8 nitrogen and oxygen atoms in total. The van der Waals surface area contributed by atoms with Crippen molar-refractivity contribution in [2.24, 2.45) is 5.73 Å². The van der Waals surface area contributed by atoms with Crippen LogP contribution < -0.4 is 11.1 Å². The third kappa shape index (κ3) is 4.53. The second kappa shape index (κ2) is 8.58. The molecule has 0 bridgehead atoms. The van der Waals surface area contributed by atoms with Crippen molar-refractivity contribution < 1.29 is 18.0 Å². The second-order valence-corrected chi connectivity index (χ2v) is 10.0. The summed E-state index contributed by atoms with van der Waals surface area (Å²) in [6.07, 6.45) is 0. The van der Waals surface area contributed by atoms with Gasteiger partial charge in [0.05, 0.1) is 4.34 Å². The maximum Gasteiger partial charge on any atom is 0.318 e. The van der Waals surface area contributed by atoms with Crippen molar-refractivity contribution >= 4 is 44.9 Å². The smallest absolute Gasteiger partial charge is 0.318 e. The number of imide groups is 1. The van der Waals surface area contributed by atoms with Crippen molar-refractivity contribution in [3.05, 3.63) is 52.4 Å². The summed E-state index contributed by atoms with van der Waals surface area (Å²) in [5, 5.41) is 2.12. The van der Waals surface area contributed by atoms with E-state index in [1.165, 1.54) is 10.4 Å². The van der Waals surface area contributed by atoms with E-state index < -0.39 is 28.0 Å². The van der Waals surface area contributed by atoms with Crippen LogP contribution >= 0.6 is 22.9 Å². The van der Waals surface area contributed by atoms with Gasteiger partial charge in [-0.1, -0.05) is 41.9 Å². The average Bonchev–Trinajstić information content (AvgIpc) is 3.10. The number of nitrogens with one attached hydrogen (secondary N) is 1. The van der Waals surface area contributed by atoms with Crippen LogP contribution in [0, 0.1) is 0 Å². The first-order valence-corrected chi connectivity index (χ1v) is 11.1. The van der Waals surface area contributed by atoms with Crippen LogP contribution in [0.5, 0.6) is 0 Å². The Hall–Kier alpha value is -1.98. The van der Waals surface area contributed by atoms with Crippen molar-refractivity contribution in [2.75, 3.05) is 26.2 Å². The Morgan fingerprint density at radius 2 is 1.71 bits per heavy atom. The molecule has 0 saturated carbocycles. The van der Waals surface area contributed by atoms with Crippen molar-refractivity contribution in [2.45, 2.75) is 10.3 Å². The normalized spacial score (nSPS) is 17.2. The molecule has 3 rings (SSSR count). The van der Waals surface area contributed by atoms with E-state index in [2.05, 4.69) is 5.32 Å². The third-order valence-electron chi connectivity index (χ3n) is 4.39. The first-order valence-electron chi connectivity index (χ1n) is 8.44. The van der Waals surface area contributed by atoms with Crippen LogP contribution in [0.1, 0.15) is 11.6 Å². The zero-order chi connectivity index (χ0) is 20.3. The number of carbonyl (C=O) groups excluding carboxylic acids is 2. The van der Waals surface area contributed by atoms with Crippen LogP contribution in [0.15, 0.2) is 46.7 Å². The van der Waals surface area contributed by atoms with Gasteiger partial charge in [-0.15, -0.1) is 11.3 Å². The SMILES string of the molecule is NC(=O)NC(=O)C(c1ccccc1)N1CCN(S(=O)(=O)c2ccc(Cl)s2)CC1. The Bertz CT molecular complexity index is 957. The number of hydrogen-bond donors (Lipinski definition) is 2. The summed E-state index contributed by atoms with van der Waals surface area (Å²) in [6.45, 7) is 1.07. The van der Waals surface area contributed by atoms with Gasteiger partial charge in [0.2, 0.25) is 5.91 Å². The van der Waals surface area contributed by atoms with Crippen LogP contribution in [0.3, 0.4) is 0 Å². The minimum absolute atomic E-state index is 0.192. The van der Waals surface area contributed by atoms with Crippen molar-refractivity contribution in [1.29, 1.82) is 0 Å². The molecule has 2 heterocycles. The molecule has 1 aromatic heterocycles. The summed E-state index contributed by atoms with van der Waals surface area (Å²) in [6, 6.07) is 10.3. The number of benzene rings is 1. The van der Waals surface area contributed by atoms with Gasteiger partial charge in [0.25, 0.3) is 10.0 Å². The summed E-state index contributed by atoms with van der Waals surface area (Å²) in [5.74, 6) is -0.542. The van der Waals surface area contributed by atoms with Crippen LogP contribution in [0.25, 0.3) is 0 Å². The van der Waals surface area contributed by atoms with Gasteiger partial charge in [-0.05, 0) is 17.7 Å². The van der Waals surface area contributed by atoms with E-state index in [1.807, 2.05) is 11.0 Å². The number of amides is 3. The molecule has 28 heavy (non-hydrogen) atoms. The summed E-state index contributed by atoms with van der Waals surface area (Å²) in [7, 11) is -3.63. The molecule has 0 radical (unpaired) electrons. The van der Waals surface area contributed by atoms with Gasteiger partial charge in [-0.2, -0.15) is 4.31 Å². The molecule has 150 valence electrons. The quantitative estimate of drug-likeness (QED) is 0.730. The summed E-state index contributed by atoms with van der Waals surface area (Å²) < 4.78 is 27.5. The van der Waals surface area contributed by atoms with Gasteiger partial charge in [-0.25, -0.2) is 13.2 Å². The number of nitrogens with zero attached hydrogens (tertiary/aromatic N) is 2. The number of urea groups is 1. The molecule has 1 unspecified atom stereocenters. The highest BCUT2D eigenvalue weighted by molar-refractivity contribution is 7.91. The molecule has 3 amide bonds. The molecule has 1 aliphatic heterocycles. The number of rotatable bonds is 5. The van der Waals surface area contributed by atoms with Gasteiger partial charge in [0.1, 0.15) is 10.3 Å². The van der Waals surface area contributed by atoms with Gasteiger partial charge < -0.3 is 5.73 Å². The summed E-state index contributed by atoms with van der Waals surface area (Å²) in [5.41, 5.74) is 5.79. The fourth-order valence-corrected chi connectivity index (χ4v) is 6.18. The highest BCUT2D eigenvalue weighted by atomic mass is 35.5. The largest absolute Gasteiger partial charge is 0.351 e. The number of piperazine rings is 1. The summed E-state index contributed by atoms with van der Waals surface area (Å²) in [4.78, 5) is 25.5. The minimum atomic E-state index is -3.63. The Morgan fingerprint density at radius 3 is 2.25 bits per heavy atom. The van der Waals surface area contributed by atoms with E-state index in [9.17, 15) is 18.0 Å².